The third kappa shape index (κ3) is 4.02. The van der Waals surface area contributed by atoms with Crippen molar-refractivity contribution in [1.82, 2.24) is 5.32 Å². The van der Waals surface area contributed by atoms with Gasteiger partial charge in [-0.3, -0.25) is 0 Å². The van der Waals surface area contributed by atoms with E-state index in [1.807, 2.05) is 12.1 Å². The Morgan fingerprint density at radius 2 is 1.71 bits per heavy atom. The van der Waals surface area contributed by atoms with Gasteiger partial charge in [0, 0.05) is 18.2 Å². The Labute approximate surface area is 123 Å². The van der Waals surface area contributed by atoms with Gasteiger partial charge in [0.15, 0.2) is 0 Å². The van der Waals surface area contributed by atoms with E-state index in [1.54, 1.807) is 13.2 Å². The molecule has 2 aromatic rings. The van der Waals surface area contributed by atoms with E-state index >= 15 is 0 Å². The first-order valence-electron chi connectivity index (χ1n) is 6.98. The third-order valence-corrected chi connectivity index (χ3v) is 3.22. The summed E-state index contributed by atoms with van der Waals surface area (Å²) < 4.78 is 32.0. The number of rotatable bonds is 6. The molecule has 0 bridgehead atoms. The van der Waals surface area contributed by atoms with E-state index in [2.05, 4.69) is 12.2 Å². The molecule has 2 aromatic carbocycles. The van der Waals surface area contributed by atoms with Crippen molar-refractivity contribution in [3.63, 3.8) is 0 Å². The summed E-state index contributed by atoms with van der Waals surface area (Å²) in [5.41, 5.74) is 2.25. The van der Waals surface area contributed by atoms with Gasteiger partial charge >= 0.3 is 0 Å². The van der Waals surface area contributed by atoms with E-state index in [4.69, 9.17) is 4.74 Å². The van der Waals surface area contributed by atoms with Crippen LogP contribution in [0.2, 0.25) is 0 Å². The number of hydrogen-bond acceptors (Lipinski definition) is 2. The maximum absolute atomic E-state index is 13.3. The van der Waals surface area contributed by atoms with Gasteiger partial charge in [0.25, 0.3) is 0 Å². The van der Waals surface area contributed by atoms with Crippen LogP contribution in [0.4, 0.5) is 8.78 Å². The standard InChI is InChI=1S/C17H19F2NO/c1-3-6-20-11-14-7-12(4-5-17(14)21-2)13-8-15(18)10-16(19)9-13/h4-5,7-10,20H,3,6,11H2,1-2H3. The van der Waals surface area contributed by atoms with E-state index in [-0.39, 0.29) is 0 Å². The van der Waals surface area contributed by atoms with Gasteiger partial charge in [0.1, 0.15) is 17.4 Å². The van der Waals surface area contributed by atoms with Crippen molar-refractivity contribution in [1.29, 1.82) is 0 Å². The van der Waals surface area contributed by atoms with Crippen molar-refractivity contribution in [2.45, 2.75) is 19.9 Å². The van der Waals surface area contributed by atoms with Gasteiger partial charge in [-0.1, -0.05) is 13.0 Å². The molecule has 0 aliphatic rings. The molecule has 4 heteroatoms. The molecule has 0 unspecified atom stereocenters. The largest absolute Gasteiger partial charge is 0.496 e. The number of nitrogens with one attached hydrogen (secondary N) is 1. The first-order chi connectivity index (χ1) is 10.1. The van der Waals surface area contributed by atoms with Gasteiger partial charge in [0.05, 0.1) is 7.11 Å². The number of benzene rings is 2. The molecular weight excluding hydrogens is 272 g/mol. The second-order valence-corrected chi connectivity index (χ2v) is 4.86. The smallest absolute Gasteiger partial charge is 0.126 e. The normalized spacial score (nSPS) is 10.7. The van der Waals surface area contributed by atoms with Crippen molar-refractivity contribution in [2.24, 2.45) is 0 Å². The molecule has 0 atom stereocenters. The second kappa shape index (κ2) is 7.18. The summed E-state index contributed by atoms with van der Waals surface area (Å²) in [4.78, 5) is 0. The zero-order valence-electron chi connectivity index (χ0n) is 12.2. The zero-order valence-corrected chi connectivity index (χ0v) is 12.2. The molecule has 2 rings (SSSR count). The molecule has 0 saturated heterocycles. The predicted molar refractivity (Wildman–Crippen MR) is 80.3 cm³/mol. The van der Waals surface area contributed by atoms with Crippen molar-refractivity contribution in [3.05, 3.63) is 53.6 Å². The Morgan fingerprint density at radius 3 is 2.33 bits per heavy atom. The van der Waals surface area contributed by atoms with E-state index in [0.29, 0.717) is 12.1 Å². The molecule has 0 saturated carbocycles. The molecule has 112 valence electrons. The molecular formula is C17H19F2NO. The minimum absolute atomic E-state index is 0.520. The number of halogens is 2. The van der Waals surface area contributed by atoms with Gasteiger partial charge in [-0.15, -0.1) is 0 Å². The fourth-order valence-electron chi connectivity index (χ4n) is 2.22. The third-order valence-electron chi connectivity index (χ3n) is 3.22. The van der Waals surface area contributed by atoms with Crippen molar-refractivity contribution < 1.29 is 13.5 Å². The second-order valence-electron chi connectivity index (χ2n) is 4.86. The quantitative estimate of drug-likeness (QED) is 0.808. The van der Waals surface area contributed by atoms with Gasteiger partial charge in [-0.2, -0.15) is 0 Å². The van der Waals surface area contributed by atoms with Crippen molar-refractivity contribution in [2.75, 3.05) is 13.7 Å². The van der Waals surface area contributed by atoms with Gasteiger partial charge < -0.3 is 10.1 Å². The molecule has 2 nitrogen and oxygen atoms in total. The Kier molecular flexibility index (Phi) is 5.28. The summed E-state index contributed by atoms with van der Waals surface area (Å²) in [5.74, 6) is -0.391. The molecule has 0 spiro atoms. The van der Waals surface area contributed by atoms with Crippen LogP contribution in [0.25, 0.3) is 11.1 Å². The lowest BCUT2D eigenvalue weighted by molar-refractivity contribution is 0.408. The molecule has 1 N–H and O–H groups in total. The Hall–Kier alpha value is -1.94. The van der Waals surface area contributed by atoms with Crippen LogP contribution in [-0.4, -0.2) is 13.7 Å². The van der Waals surface area contributed by atoms with Crippen LogP contribution < -0.4 is 10.1 Å². The number of methoxy groups -OCH3 is 1. The number of hydrogen-bond donors (Lipinski definition) is 1. The highest BCUT2D eigenvalue weighted by Crippen LogP contribution is 2.27. The average molecular weight is 291 g/mol. The van der Waals surface area contributed by atoms with Crippen molar-refractivity contribution >= 4 is 0 Å². The first-order valence-corrected chi connectivity index (χ1v) is 6.98. The molecule has 0 aliphatic carbocycles. The maximum Gasteiger partial charge on any atom is 0.126 e. The van der Waals surface area contributed by atoms with Crippen LogP contribution in [0.1, 0.15) is 18.9 Å². The van der Waals surface area contributed by atoms with E-state index < -0.39 is 11.6 Å². The molecule has 0 amide bonds. The molecule has 0 fully saturated rings. The lowest BCUT2D eigenvalue weighted by atomic mass is 10.0. The molecule has 0 aromatic heterocycles. The van der Waals surface area contributed by atoms with Crippen LogP contribution in [0.5, 0.6) is 5.75 Å². The SMILES string of the molecule is CCCNCc1cc(-c2cc(F)cc(F)c2)ccc1OC. The highest BCUT2D eigenvalue weighted by Gasteiger charge is 2.08. The highest BCUT2D eigenvalue weighted by molar-refractivity contribution is 5.66. The fraction of sp³-hybridized carbons (Fsp3) is 0.294. The Balaban J connectivity index is 2.33. The highest BCUT2D eigenvalue weighted by atomic mass is 19.1. The van der Waals surface area contributed by atoms with Crippen LogP contribution in [0.15, 0.2) is 36.4 Å². The fourth-order valence-corrected chi connectivity index (χ4v) is 2.22. The lowest BCUT2D eigenvalue weighted by Gasteiger charge is -2.12. The topological polar surface area (TPSA) is 21.3 Å². The lowest BCUT2D eigenvalue weighted by Crippen LogP contribution is -2.14. The molecule has 0 aliphatic heterocycles. The summed E-state index contributed by atoms with van der Waals surface area (Å²) in [6, 6.07) is 9.05. The monoisotopic (exact) mass is 291 g/mol. The average Bonchev–Trinajstić information content (AvgIpc) is 2.46. The summed E-state index contributed by atoms with van der Waals surface area (Å²) >= 11 is 0. The van der Waals surface area contributed by atoms with Gasteiger partial charge in [0.2, 0.25) is 0 Å². The van der Waals surface area contributed by atoms with Crippen LogP contribution in [0, 0.1) is 11.6 Å². The Morgan fingerprint density at radius 1 is 1.00 bits per heavy atom. The zero-order chi connectivity index (χ0) is 15.2. The maximum atomic E-state index is 13.3. The predicted octanol–water partition coefficient (Wildman–Crippen LogP) is 4.14. The van der Waals surface area contributed by atoms with Crippen LogP contribution in [-0.2, 0) is 6.54 Å². The summed E-state index contributed by atoms with van der Waals surface area (Å²) in [6.07, 6.45) is 1.04. The molecule has 0 heterocycles. The van der Waals surface area contributed by atoms with E-state index in [9.17, 15) is 8.78 Å². The minimum Gasteiger partial charge on any atom is -0.496 e. The Bertz CT molecular complexity index is 593. The van der Waals surface area contributed by atoms with Gasteiger partial charge in [-0.25, -0.2) is 8.78 Å². The summed E-state index contributed by atoms with van der Waals surface area (Å²) in [6.45, 7) is 3.65. The summed E-state index contributed by atoms with van der Waals surface area (Å²) in [7, 11) is 1.61. The summed E-state index contributed by atoms with van der Waals surface area (Å²) in [5, 5.41) is 3.30. The van der Waals surface area contributed by atoms with Crippen LogP contribution in [0.3, 0.4) is 0 Å². The van der Waals surface area contributed by atoms with Crippen molar-refractivity contribution in [3.8, 4) is 16.9 Å². The number of ether oxygens (including phenoxy) is 1. The first kappa shape index (κ1) is 15.4. The molecule has 0 radical (unpaired) electrons. The van der Waals surface area contributed by atoms with E-state index in [0.717, 1.165) is 35.9 Å². The molecule has 21 heavy (non-hydrogen) atoms. The minimum atomic E-state index is -0.577. The van der Waals surface area contributed by atoms with Crippen LogP contribution >= 0.6 is 0 Å². The van der Waals surface area contributed by atoms with Gasteiger partial charge in [-0.05, 0) is 48.4 Å². The van der Waals surface area contributed by atoms with E-state index in [1.165, 1.54) is 12.1 Å².